The van der Waals surface area contributed by atoms with Gasteiger partial charge in [0.1, 0.15) is 0 Å². The van der Waals surface area contributed by atoms with Crippen molar-refractivity contribution in [3.63, 3.8) is 0 Å². The number of fused-ring (bicyclic) bond motifs is 1. The molecule has 1 aromatic heterocycles. The quantitative estimate of drug-likeness (QED) is 0.635. The lowest BCUT2D eigenvalue weighted by atomic mass is 10.2. The molecule has 0 aliphatic rings. The second-order valence-corrected chi connectivity index (χ2v) is 3.79. The van der Waals surface area contributed by atoms with Gasteiger partial charge in [-0.3, -0.25) is 14.7 Å². The van der Waals surface area contributed by atoms with Gasteiger partial charge in [-0.15, -0.1) is 0 Å². The molecule has 0 fully saturated rings. The van der Waals surface area contributed by atoms with Gasteiger partial charge in [-0.2, -0.15) is 0 Å². The Morgan fingerprint density at radius 3 is 2.59 bits per heavy atom. The Labute approximate surface area is 96.3 Å². The first-order valence-corrected chi connectivity index (χ1v) is 5.23. The number of aliphatic hydroxyl groups excluding tert-OH is 1. The van der Waals surface area contributed by atoms with Gasteiger partial charge in [0.15, 0.2) is 0 Å². The van der Waals surface area contributed by atoms with E-state index in [1.165, 1.54) is 0 Å². The van der Waals surface area contributed by atoms with Crippen molar-refractivity contribution in [3.05, 3.63) is 45.0 Å². The molecule has 6 nitrogen and oxygen atoms in total. The summed E-state index contributed by atoms with van der Waals surface area (Å²) in [5, 5.41) is 12.5. The maximum absolute atomic E-state index is 12.0. The lowest BCUT2D eigenvalue weighted by molar-refractivity contribution is 0.155. The Morgan fingerprint density at radius 1 is 1.29 bits per heavy atom. The lowest BCUT2D eigenvalue weighted by Crippen LogP contribution is -2.36. The predicted molar refractivity (Wildman–Crippen MR) is 63.9 cm³/mol. The summed E-state index contributed by atoms with van der Waals surface area (Å²) >= 11 is 0. The molecule has 0 amide bonds. The van der Waals surface area contributed by atoms with Crippen LogP contribution in [0.3, 0.4) is 0 Å². The number of aromatic nitrogens is 2. The third-order valence-electron chi connectivity index (χ3n) is 2.55. The molecule has 2 aromatic rings. The monoisotopic (exact) mass is 235 g/mol. The van der Waals surface area contributed by atoms with Crippen LogP contribution in [0.15, 0.2) is 33.9 Å². The Bertz CT molecular complexity index is 644. The Hall–Kier alpha value is -1.92. The van der Waals surface area contributed by atoms with Crippen LogP contribution in [0.2, 0.25) is 0 Å². The number of hydrogen-bond donors (Lipinski definition) is 3. The van der Waals surface area contributed by atoms with Crippen LogP contribution < -0.4 is 16.9 Å². The first kappa shape index (κ1) is 11.6. The van der Waals surface area contributed by atoms with E-state index >= 15 is 0 Å². The SMILES string of the molecule is NC[C@@H](O)Cn1[nH]c(=O)c2ccccc2c1=O. The van der Waals surface area contributed by atoms with Crippen molar-refractivity contribution in [2.75, 3.05) is 6.54 Å². The molecule has 0 spiro atoms. The van der Waals surface area contributed by atoms with Crippen molar-refractivity contribution in [3.8, 4) is 0 Å². The zero-order valence-electron chi connectivity index (χ0n) is 9.09. The van der Waals surface area contributed by atoms with Crippen LogP contribution >= 0.6 is 0 Å². The fourth-order valence-electron chi connectivity index (χ4n) is 1.66. The molecular weight excluding hydrogens is 222 g/mol. The molecule has 1 atom stereocenters. The van der Waals surface area contributed by atoms with Crippen molar-refractivity contribution >= 4 is 10.8 Å². The van der Waals surface area contributed by atoms with Gasteiger partial charge in [-0.05, 0) is 12.1 Å². The van der Waals surface area contributed by atoms with E-state index < -0.39 is 6.10 Å². The summed E-state index contributed by atoms with van der Waals surface area (Å²) in [6.07, 6.45) is -0.857. The molecule has 1 aromatic carbocycles. The fraction of sp³-hybridized carbons (Fsp3) is 0.273. The maximum atomic E-state index is 12.0. The first-order chi connectivity index (χ1) is 8.13. The highest BCUT2D eigenvalue weighted by molar-refractivity contribution is 5.80. The number of hydrogen-bond acceptors (Lipinski definition) is 4. The number of aromatic amines is 1. The summed E-state index contributed by atoms with van der Waals surface area (Å²) in [6, 6.07) is 6.54. The average Bonchev–Trinajstić information content (AvgIpc) is 2.35. The fourth-order valence-corrected chi connectivity index (χ4v) is 1.66. The van der Waals surface area contributed by atoms with Crippen LogP contribution in [0.4, 0.5) is 0 Å². The molecule has 0 saturated carbocycles. The molecule has 2 rings (SSSR count). The molecule has 1 heterocycles. The second kappa shape index (κ2) is 4.52. The van der Waals surface area contributed by atoms with Gasteiger partial charge in [0.2, 0.25) is 0 Å². The molecule has 6 heteroatoms. The maximum Gasteiger partial charge on any atom is 0.273 e. The standard InChI is InChI=1S/C11H13N3O3/c12-5-7(15)6-14-11(17)9-4-2-1-3-8(9)10(16)13-14/h1-4,7,15H,5-6,12H2,(H,13,16)/t7-/m1/s1. The largest absolute Gasteiger partial charge is 0.390 e. The van der Waals surface area contributed by atoms with Gasteiger partial charge < -0.3 is 10.8 Å². The summed E-state index contributed by atoms with van der Waals surface area (Å²) in [5.41, 5.74) is 4.57. The number of H-pyrrole nitrogens is 1. The minimum atomic E-state index is -0.857. The molecule has 4 N–H and O–H groups in total. The Morgan fingerprint density at radius 2 is 1.94 bits per heavy atom. The molecule has 0 saturated heterocycles. The number of nitrogens with two attached hydrogens (primary N) is 1. The first-order valence-electron chi connectivity index (χ1n) is 5.23. The van der Waals surface area contributed by atoms with Crippen molar-refractivity contribution in [2.24, 2.45) is 5.73 Å². The molecule has 0 bridgehead atoms. The van der Waals surface area contributed by atoms with Gasteiger partial charge in [-0.1, -0.05) is 12.1 Å². The Kier molecular flexibility index (Phi) is 3.08. The number of aliphatic hydroxyl groups is 1. The van der Waals surface area contributed by atoms with E-state index in [2.05, 4.69) is 5.10 Å². The lowest BCUT2D eigenvalue weighted by Gasteiger charge is -2.10. The summed E-state index contributed by atoms with van der Waals surface area (Å²) in [6.45, 7) is 0.0106. The third-order valence-corrected chi connectivity index (χ3v) is 2.55. The second-order valence-electron chi connectivity index (χ2n) is 3.79. The van der Waals surface area contributed by atoms with E-state index in [0.717, 1.165) is 4.68 Å². The van der Waals surface area contributed by atoms with Crippen molar-refractivity contribution in [1.82, 2.24) is 9.78 Å². The minimum absolute atomic E-state index is 0.0184. The zero-order chi connectivity index (χ0) is 12.4. The van der Waals surface area contributed by atoms with Crippen molar-refractivity contribution in [2.45, 2.75) is 12.6 Å². The summed E-state index contributed by atoms with van der Waals surface area (Å²) in [5.74, 6) is 0. The predicted octanol–water partition coefficient (Wildman–Crippen LogP) is -0.991. The van der Waals surface area contributed by atoms with Gasteiger partial charge in [0, 0.05) is 6.54 Å². The smallest absolute Gasteiger partial charge is 0.273 e. The molecule has 90 valence electrons. The van der Waals surface area contributed by atoms with E-state index in [4.69, 9.17) is 5.73 Å². The Balaban J connectivity index is 2.63. The van der Waals surface area contributed by atoms with Crippen LogP contribution in [0.25, 0.3) is 10.8 Å². The molecule has 0 aliphatic carbocycles. The number of nitrogens with one attached hydrogen (secondary N) is 1. The van der Waals surface area contributed by atoms with Gasteiger partial charge in [0.25, 0.3) is 11.1 Å². The van der Waals surface area contributed by atoms with E-state index in [1.807, 2.05) is 0 Å². The van der Waals surface area contributed by atoms with Crippen LogP contribution in [0, 0.1) is 0 Å². The normalized spacial score (nSPS) is 12.8. The third kappa shape index (κ3) is 2.13. The van der Waals surface area contributed by atoms with E-state index in [9.17, 15) is 14.7 Å². The molecular formula is C11H13N3O3. The van der Waals surface area contributed by atoms with Crippen LogP contribution in [0.1, 0.15) is 0 Å². The van der Waals surface area contributed by atoms with Crippen LogP contribution in [0.5, 0.6) is 0 Å². The van der Waals surface area contributed by atoms with Crippen molar-refractivity contribution in [1.29, 1.82) is 0 Å². The van der Waals surface area contributed by atoms with E-state index in [1.54, 1.807) is 24.3 Å². The van der Waals surface area contributed by atoms with E-state index in [0.29, 0.717) is 10.8 Å². The highest BCUT2D eigenvalue weighted by Gasteiger charge is 2.09. The molecule has 0 unspecified atom stereocenters. The van der Waals surface area contributed by atoms with Gasteiger partial charge >= 0.3 is 0 Å². The average molecular weight is 235 g/mol. The highest BCUT2D eigenvalue weighted by atomic mass is 16.3. The minimum Gasteiger partial charge on any atom is -0.390 e. The summed E-state index contributed by atoms with van der Waals surface area (Å²) in [4.78, 5) is 23.7. The number of nitrogens with zero attached hydrogens (tertiary/aromatic N) is 1. The summed E-state index contributed by atoms with van der Waals surface area (Å²) < 4.78 is 1.09. The molecule has 0 aliphatic heterocycles. The topological polar surface area (TPSA) is 101 Å². The molecule has 17 heavy (non-hydrogen) atoms. The van der Waals surface area contributed by atoms with Crippen LogP contribution in [-0.4, -0.2) is 27.5 Å². The van der Waals surface area contributed by atoms with E-state index in [-0.39, 0.29) is 24.2 Å². The van der Waals surface area contributed by atoms with Crippen LogP contribution in [-0.2, 0) is 6.54 Å². The van der Waals surface area contributed by atoms with Gasteiger partial charge in [-0.25, -0.2) is 4.68 Å². The highest BCUT2D eigenvalue weighted by Crippen LogP contribution is 2.02. The zero-order valence-corrected chi connectivity index (χ0v) is 9.09. The number of benzene rings is 1. The summed E-state index contributed by atoms with van der Waals surface area (Å²) in [7, 11) is 0. The molecule has 0 radical (unpaired) electrons. The van der Waals surface area contributed by atoms with Gasteiger partial charge in [0.05, 0.1) is 23.4 Å². The van der Waals surface area contributed by atoms with Crippen molar-refractivity contribution < 1.29 is 5.11 Å². The number of rotatable bonds is 3.